The predicted molar refractivity (Wildman–Crippen MR) is 121 cm³/mol. The molecule has 1 N–H and O–H groups in total. The highest BCUT2D eigenvalue weighted by molar-refractivity contribution is 7.80. The second kappa shape index (κ2) is 11.0. The van der Waals surface area contributed by atoms with Gasteiger partial charge < -0.3 is 15.0 Å². The molecular weight excluding hydrogens is 413 g/mol. The van der Waals surface area contributed by atoms with Crippen LogP contribution in [0.2, 0.25) is 10.0 Å². The van der Waals surface area contributed by atoms with Gasteiger partial charge in [-0.25, -0.2) is 0 Å². The third-order valence-electron chi connectivity index (χ3n) is 4.68. The van der Waals surface area contributed by atoms with Crippen LogP contribution in [0.15, 0.2) is 48.5 Å². The van der Waals surface area contributed by atoms with Crippen molar-refractivity contribution in [3.63, 3.8) is 0 Å². The number of hydrogen-bond donors (Lipinski definition) is 1. The Hall–Kier alpha value is -1.37. The van der Waals surface area contributed by atoms with E-state index in [9.17, 15) is 0 Å². The molecule has 1 aliphatic heterocycles. The molecule has 4 nitrogen and oxygen atoms in total. The van der Waals surface area contributed by atoms with Crippen LogP contribution in [0.5, 0.6) is 0 Å². The molecule has 1 fully saturated rings. The third kappa shape index (κ3) is 6.90. The Bertz CT molecular complexity index is 749. The smallest absolute Gasteiger partial charge is 0.173 e. The molecular formula is C21H25Cl2N3OS. The van der Waals surface area contributed by atoms with Crippen LogP contribution < -0.4 is 5.32 Å². The molecule has 2 aromatic carbocycles. The minimum Gasteiger partial charge on any atom is -0.379 e. The number of hydrogen-bond acceptors (Lipinski definition) is 3. The van der Waals surface area contributed by atoms with Crippen molar-refractivity contribution in [1.29, 1.82) is 0 Å². The highest BCUT2D eigenvalue weighted by Crippen LogP contribution is 2.16. The van der Waals surface area contributed by atoms with E-state index < -0.39 is 0 Å². The van der Waals surface area contributed by atoms with E-state index in [0.717, 1.165) is 63.1 Å². The van der Waals surface area contributed by atoms with Gasteiger partial charge in [0.15, 0.2) is 5.11 Å². The summed E-state index contributed by atoms with van der Waals surface area (Å²) in [6, 6.07) is 15.5. The van der Waals surface area contributed by atoms with Gasteiger partial charge in [-0.05, 0) is 60.6 Å². The highest BCUT2D eigenvalue weighted by Gasteiger charge is 2.14. The zero-order chi connectivity index (χ0) is 19.8. The molecule has 0 aliphatic carbocycles. The molecule has 7 heteroatoms. The second-order valence-corrected chi connectivity index (χ2v) is 8.05. The molecule has 1 saturated heterocycles. The number of rotatable bonds is 7. The van der Waals surface area contributed by atoms with E-state index >= 15 is 0 Å². The Balaban J connectivity index is 1.61. The molecule has 3 rings (SSSR count). The second-order valence-electron chi connectivity index (χ2n) is 6.79. The first-order valence-electron chi connectivity index (χ1n) is 9.46. The van der Waals surface area contributed by atoms with Gasteiger partial charge in [-0.15, -0.1) is 0 Å². The minimum absolute atomic E-state index is 0.708. The van der Waals surface area contributed by atoms with Crippen molar-refractivity contribution in [3.05, 3.63) is 64.1 Å². The maximum atomic E-state index is 6.02. The molecule has 1 heterocycles. The van der Waals surface area contributed by atoms with Crippen molar-refractivity contribution in [1.82, 2.24) is 9.80 Å². The van der Waals surface area contributed by atoms with Gasteiger partial charge in [0, 0.05) is 48.5 Å². The number of ether oxygens (including phenoxy) is 1. The summed E-state index contributed by atoms with van der Waals surface area (Å²) in [6.45, 7) is 6.31. The van der Waals surface area contributed by atoms with Crippen LogP contribution in [0.1, 0.15) is 12.0 Å². The highest BCUT2D eigenvalue weighted by atomic mass is 35.5. The van der Waals surface area contributed by atoms with Crippen LogP contribution in [0.25, 0.3) is 0 Å². The van der Waals surface area contributed by atoms with Gasteiger partial charge in [-0.2, -0.15) is 0 Å². The maximum absolute atomic E-state index is 6.02. The van der Waals surface area contributed by atoms with Gasteiger partial charge >= 0.3 is 0 Å². The summed E-state index contributed by atoms with van der Waals surface area (Å²) >= 11 is 17.7. The Morgan fingerprint density at radius 2 is 1.61 bits per heavy atom. The first-order valence-corrected chi connectivity index (χ1v) is 10.6. The number of halogens is 2. The van der Waals surface area contributed by atoms with Gasteiger partial charge in [0.25, 0.3) is 0 Å². The van der Waals surface area contributed by atoms with Gasteiger partial charge in [0.1, 0.15) is 0 Å². The summed E-state index contributed by atoms with van der Waals surface area (Å²) in [7, 11) is 0. The van der Waals surface area contributed by atoms with E-state index in [-0.39, 0.29) is 0 Å². The molecule has 0 atom stereocenters. The molecule has 0 bridgehead atoms. The molecule has 0 unspecified atom stereocenters. The Kier molecular flexibility index (Phi) is 8.37. The van der Waals surface area contributed by atoms with Crippen LogP contribution in [0.4, 0.5) is 5.69 Å². The molecule has 1 aliphatic rings. The summed E-state index contributed by atoms with van der Waals surface area (Å²) in [5.41, 5.74) is 2.11. The fourth-order valence-corrected chi connectivity index (χ4v) is 3.63. The maximum Gasteiger partial charge on any atom is 0.173 e. The summed E-state index contributed by atoms with van der Waals surface area (Å²) in [4.78, 5) is 4.65. The monoisotopic (exact) mass is 437 g/mol. The molecule has 0 radical (unpaired) electrons. The zero-order valence-corrected chi connectivity index (χ0v) is 18.1. The van der Waals surface area contributed by atoms with Crippen LogP contribution in [-0.4, -0.2) is 54.3 Å². The number of morpholine rings is 1. The van der Waals surface area contributed by atoms with E-state index in [0.29, 0.717) is 10.1 Å². The predicted octanol–water partition coefficient (Wildman–Crippen LogP) is 4.91. The van der Waals surface area contributed by atoms with Crippen molar-refractivity contribution >= 4 is 46.2 Å². The van der Waals surface area contributed by atoms with E-state index in [4.69, 9.17) is 40.2 Å². The Morgan fingerprint density at radius 3 is 2.25 bits per heavy atom. The lowest BCUT2D eigenvalue weighted by molar-refractivity contribution is 0.0368. The summed E-state index contributed by atoms with van der Waals surface area (Å²) < 4.78 is 5.43. The number of nitrogens with zero attached hydrogens (tertiary/aromatic N) is 2. The van der Waals surface area contributed by atoms with Crippen LogP contribution in [0, 0.1) is 0 Å². The van der Waals surface area contributed by atoms with Gasteiger partial charge in [0.2, 0.25) is 0 Å². The lowest BCUT2D eigenvalue weighted by Crippen LogP contribution is -2.40. The van der Waals surface area contributed by atoms with Gasteiger partial charge in [0.05, 0.1) is 13.2 Å². The van der Waals surface area contributed by atoms with E-state index in [1.807, 2.05) is 48.5 Å². The molecule has 2 aromatic rings. The SMILES string of the molecule is S=C(Nc1ccc(Cl)cc1)N(CCCN1CCOCC1)Cc1ccc(Cl)cc1. The molecule has 150 valence electrons. The largest absolute Gasteiger partial charge is 0.379 e. The molecule has 0 amide bonds. The molecule has 28 heavy (non-hydrogen) atoms. The van der Waals surface area contributed by atoms with Crippen molar-refractivity contribution in [3.8, 4) is 0 Å². The molecule has 0 saturated carbocycles. The van der Waals surface area contributed by atoms with Crippen LogP contribution >= 0.6 is 35.4 Å². The molecule has 0 spiro atoms. The Labute approximate surface area is 182 Å². The number of anilines is 1. The standard InChI is InChI=1S/C21H25Cl2N3OS/c22-18-4-2-17(3-5-18)16-26(11-1-10-25-12-14-27-15-13-25)21(28)24-20-8-6-19(23)7-9-20/h2-9H,1,10-16H2,(H,24,28). The summed E-state index contributed by atoms with van der Waals surface area (Å²) in [5.74, 6) is 0. The fraction of sp³-hybridized carbons (Fsp3) is 0.381. The minimum atomic E-state index is 0.708. The van der Waals surface area contributed by atoms with Crippen molar-refractivity contribution < 1.29 is 4.74 Å². The van der Waals surface area contributed by atoms with Crippen molar-refractivity contribution in [2.75, 3.05) is 44.7 Å². The molecule has 0 aromatic heterocycles. The van der Waals surface area contributed by atoms with Gasteiger partial charge in [-0.3, -0.25) is 4.90 Å². The van der Waals surface area contributed by atoms with E-state index in [1.165, 1.54) is 5.56 Å². The topological polar surface area (TPSA) is 27.7 Å². The Morgan fingerprint density at radius 1 is 1.00 bits per heavy atom. The van der Waals surface area contributed by atoms with Gasteiger partial charge in [-0.1, -0.05) is 35.3 Å². The first kappa shape index (κ1) is 21.3. The normalized spacial score (nSPS) is 14.6. The number of benzene rings is 2. The third-order valence-corrected chi connectivity index (χ3v) is 5.54. The lowest BCUT2D eigenvalue weighted by Gasteiger charge is -2.29. The average molecular weight is 438 g/mol. The number of nitrogens with one attached hydrogen (secondary N) is 1. The fourth-order valence-electron chi connectivity index (χ4n) is 3.11. The van der Waals surface area contributed by atoms with E-state index in [2.05, 4.69) is 15.1 Å². The quantitative estimate of drug-likeness (QED) is 0.620. The van der Waals surface area contributed by atoms with Crippen LogP contribution in [0.3, 0.4) is 0 Å². The number of thiocarbonyl (C=S) groups is 1. The average Bonchev–Trinajstić information content (AvgIpc) is 2.71. The zero-order valence-electron chi connectivity index (χ0n) is 15.7. The van der Waals surface area contributed by atoms with Crippen LogP contribution in [-0.2, 0) is 11.3 Å². The lowest BCUT2D eigenvalue weighted by atomic mass is 10.2. The van der Waals surface area contributed by atoms with Crippen molar-refractivity contribution in [2.24, 2.45) is 0 Å². The van der Waals surface area contributed by atoms with Crippen molar-refractivity contribution in [2.45, 2.75) is 13.0 Å². The first-order chi connectivity index (χ1) is 13.6. The summed E-state index contributed by atoms with van der Waals surface area (Å²) in [6.07, 6.45) is 1.04. The van der Waals surface area contributed by atoms with E-state index in [1.54, 1.807) is 0 Å². The summed E-state index contributed by atoms with van der Waals surface area (Å²) in [5, 5.41) is 5.48.